The van der Waals surface area contributed by atoms with Gasteiger partial charge >= 0.3 is 0 Å². The van der Waals surface area contributed by atoms with Gasteiger partial charge in [-0.15, -0.1) is 11.8 Å². The maximum atomic E-state index is 11.5. The Balaban J connectivity index is 1.21. The molecule has 0 saturated carbocycles. The van der Waals surface area contributed by atoms with E-state index in [0.717, 1.165) is 44.2 Å². The van der Waals surface area contributed by atoms with Crippen molar-refractivity contribution >= 4 is 39.9 Å². The molecule has 154 valence electrons. The second kappa shape index (κ2) is 8.70. The molecule has 0 unspecified atom stereocenters. The Morgan fingerprint density at radius 1 is 1.00 bits per heavy atom. The maximum Gasteiger partial charge on any atom is 0.234 e. The number of hydrogen-bond donors (Lipinski definition) is 2. The summed E-state index contributed by atoms with van der Waals surface area (Å²) in [6.07, 6.45) is 0. The van der Waals surface area contributed by atoms with Gasteiger partial charge in [0.25, 0.3) is 0 Å². The van der Waals surface area contributed by atoms with Crippen LogP contribution in [0.2, 0.25) is 0 Å². The summed E-state index contributed by atoms with van der Waals surface area (Å²) in [4.78, 5) is 17.2. The smallest absolute Gasteiger partial charge is 0.234 e. The fourth-order valence-corrected chi connectivity index (χ4v) is 4.32. The third kappa shape index (κ3) is 4.64. The number of carbonyl (C=O) groups excluding carboxylic acids is 1. The van der Waals surface area contributed by atoms with Crippen LogP contribution in [0.25, 0.3) is 10.9 Å². The molecule has 0 saturated heterocycles. The minimum atomic E-state index is 0.0499. The molecule has 1 aliphatic rings. The van der Waals surface area contributed by atoms with Crippen LogP contribution in [0.5, 0.6) is 5.75 Å². The number of nitrogens with one attached hydrogen (secondary N) is 2. The zero-order chi connectivity index (χ0) is 21.0. The molecule has 3 aromatic carbocycles. The number of para-hydroxylation sites is 1. The maximum absolute atomic E-state index is 11.5. The third-order valence-electron chi connectivity index (χ3n) is 5.05. The largest absolute Gasteiger partial charge is 0.487 e. The summed E-state index contributed by atoms with van der Waals surface area (Å²) in [6, 6.07) is 26.2. The summed E-state index contributed by atoms with van der Waals surface area (Å²) in [5.74, 6) is 1.33. The number of thioether (sulfide) groups is 1. The lowest BCUT2D eigenvalue weighted by Gasteiger charge is -2.17. The number of benzene rings is 3. The van der Waals surface area contributed by atoms with Crippen LogP contribution in [0.15, 0.2) is 83.8 Å². The molecule has 1 amide bonds. The van der Waals surface area contributed by atoms with Crippen LogP contribution >= 0.6 is 11.8 Å². The van der Waals surface area contributed by atoms with Gasteiger partial charge in [-0.1, -0.05) is 36.4 Å². The average Bonchev–Trinajstić information content (AvgIpc) is 2.81. The van der Waals surface area contributed by atoms with Crippen molar-refractivity contribution in [3.8, 4) is 5.75 Å². The molecule has 2 heterocycles. The number of pyridine rings is 1. The first-order valence-corrected chi connectivity index (χ1v) is 11.1. The molecule has 0 bridgehead atoms. The number of anilines is 2. The summed E-state index contributed by atoms with van der Waals surface area (Å²) < 4.78 is 5.98. The highest BCUT2D eigenvalue weighted by Crippen LogP contribution is 2.33. The van der Waals surface area contributed by atoms with E-state index in [2.05, 4.69) is 39.9 Å². The highest BCUT2D eigenvalue weighted by molar-refractivity contribution is 8.00. The van der Waals surface area contributed by atoms with E-state index in [1.807, 2.05) is 54.6 Å². The van der Waals surface area contributed by atoms with Gasteiger partial charge in [0.05, 0.1) is 22.7 Å². The van der Waals surface area contributed by atoms with Crippen LogP contribution in [0.1, 0.15) is 11.3 Å². The molecule has 6 heteroatoms. The molecule has 5 nitrogen and oxygen atoms in total. The van der Waals surface area contributed by atoms with Crippen LogP contribution in [0.4, 0.5) is 11.4 Å². The molecule has 2 N–H and O–H groups in total. The van der Waals surface area contributed by atoms with Crippen LogP contribution in [0.3, 0.4) is 0 Å². The molecule has 31 heavy (non-hydrogen) atoms. The van der Waals surface area contributed by atoms with Gasteiger partial charge < -0.3 is 15.4 Å². The molecule has 1 aliphatic heterocycles. The number of ether oxygens (including phenoxy) is 1. The Hall–Kier alpha value is -3.51. The number of fused-ring (bicyclic) bond motifs is 2. The fraction of sp³-hybridized carbons (Fsp3) is 0.120. The van der Waals surface area contributed by atoms with Gasteiger partial charge in [-0.2, -0.15) is 0 Å². The number of nitrogens with zero attached hydrogens (tertiary/aromatic N) is 1. The van der Waals surface area contributed by atoms with Crippen molar-refractivity contribution in [2.75, 3.05) is 16.4 Å². The van der Waals surface area contributed by atoms with E-state index in [4.69, 9.17) is 4.74 Å². The minimum absolute atomic E-state index is 0.0499. The van der Waals surface area contributed by atoms with Crippen LogP contribution in [-0.2, 0) is 17.9 Å². The zero-order valence-electron chi connectivity index (χ0n) is 16.8. The number of hydrogen-bond acceptors (Lipinski definition) is 5. The van der Waals surface area contributed by atoms with Crippen molar-refractivity contribution in [2.45, 2.75) is 18.0 Å². The predicted octanol–water partition coefficient (Wildman–Crippen LogP) is 5.47. The third-order valence-corrected chi connectivity index (χ3v) is 6.11. The van der Waals surface area contributed by atoms with Crippen LogP contribution in [0, 0.1) is 0 Å². The Bertz CT molecular complexity index is 1260. The van der Waals surface area contributed by atoms with E-state index in [0.29, 0.717) is 18.9 Å². The van der Waals surface area contributed by atoms with E-state index in [1.165, 1.54) is 0 Å². The number of aromatic nitrogens is 1. The molecular formula is C25H21N3O2S. The van der Waals surface area contributed by atoms with E-state index in [9.17, 15) is 4.79 Å². The van der Waals surface area contributed by atoms with Gasteiger partial charge in [-0.3, -0.25) is 4.79 Å². The van der Waals surface area contributed by atoms with Gasteiger partial charge in [0.1, 0.15) is 12.4 Å². The Morgan fingerprint density at radius 2 is 1.94 bits per heavy atom. The van der Waals surface area contributed by atoms with Crippen molar-refractivity contribution in [2.24, 2.45) is 0 Å². The van der Waals surface area contributed by atoms with Crippen molar-refractivity contribution in [3.63, 3.8) is 0 Å². The second-order valence-corrected chi connectivity index (χ2v) is 8.35. The molecule has 0 fully saturated rings. The monoisotopic (exact) mass is 427 g/mol. The van der Waals surface area contributed by atoms with Gasteiger partial charge in [0, 0.05) is 22.5 Å². The summed E-state index contributed by atoms with van der Waals surface area (Å²) in [7, 11) is 0. The lowest BCUT2D eigenvalue weighted by atomic mass is 10.2. The van der Waals surface area contributed by atoms with E-state index >= 15 is 0 Å². The zero-order valence-corrected chi connectivity index (χ0v) is 17.6. The topological polar surface area (TPSA) is 63.2 Å². The first-order chi connectivity index (χ1) is 15.2. The molecule has 5 rings (SSSR count). The summed E-state index contributed by atoms with van der Waals surface area (Å²) in [6.45, 7) is 1.11. The first-order valence-electron chi connectivity index (χ1n) is 10.1. The molecule has 1 aromatic heterocycles. The molecular weight excluding hydrogens is 406 g/mol. The minimum Gasteiger partial charge on any atom is -0.487 e. The average molecular weight is 428 g/mol. The summed E-state index contributed by atoms with van der Waals surface area (Å²) >= 11 is 1.56. The van der Waals surface area contributed by atoms with Crippen molar-refractivity contribution < 1.29 is 9.53 Å². The number of amides is 1. The molecule has 0 aliphatic carbocycles. The first kappa shape index (κ1) is 19.5. The Labute approximate surface area is 184 Å². The number of carbonyl (C=O) groups is 1. The fourth-order valence-electron chi connectivity index (χ4n) is 3.48. The van der Waals surface area contributed by atoms with Crippen molar-refractivity contribution in [1.29, 1.82) is 0 Å². The van der Waals surface area contributed by atoms with Crippen molar-refractivity contribution in [1.82, 2.24) is 4.98 Å². The van der Waals surface area contributed by atoms with Crippen LogP contribution < -0.4 is 15.4 Å². The highest BCUT2D eigenvalue weighted by Gasteiger charge is 2.15. The SMILES string of the molecule is O=C1CSc2cc(NCc3cccc(OCc4ccc5ccccc5n4)c3)ccc2N1. The normalized spacial score (nSPS) is 12.8. The molecule has 0 spiro atoms. The lowest BCUT2D eigenvalue weighted by molar-refractivity contribution is -0.113. The van der Waals surface area contributed by atoms with Crippen LogP contribution in [-0.4, -0.2) is 16.6 Å². The van der Waals surface area contributed by atoms with Gasteiger partial charge in [0.15, 0.2) is 0 Å². The predicted molar refractivity (Wildman–Crippen MR) is 126 cm³/mol. The van der Waals surface area contributed by atoms with E-state index < -0.39 is 0 Å². The lowest BCUT2D eigenvalue weighted by Crippen LogP contribution is -2.18. The Morgan fingerprint density at radius 3 is 2.90 bits per heavy atom. The summed E-state index contributed by atoms with van der Waals surface area (Å²) in [5.41, 5.74) is 4.91. The molecule has 4 aromatic rings. The molecule has 0 atom stereocenters. The Kier molecular flexibility index (Phi) is 5.46. The van der Waals surface area contributed by atoms with E-state index in [1.54, 1.807) is 11.8 Å². The van der Waals surface area contributed by atoms with Gasteiger partial charge in [0.2, 0.25) is 5.91 Å². The quantitative estimate of drug-likeness (QED) is 0.427. The molecule has 0 radical (unpaired) electrons. The van der Waals surface area contributed by atoms with E-state index in [-0.39, 0.29) is 5.91 Å². The van der Waals surface area contributed by atoms with Gasteiger partial charge in [-0.25, -0.2) is 4.98 Å². The van der Waals surface area contributed by atoms with Gasteiger partial charge in [-0.05, 0) is 48.0 Å². The second-order valence-electron chi connectivity index (χ2n) is 7.33. The summed E-state index contributed by atoms with van der Waals surface area (Å²) in [5, 5.41) is 7.47. The van der Waals surface area contributed by atoms with Crippen molar-refractivity contribution in [3.05, 3.63) is 90.1 Å². The standard InChI is InChI=1S/C25H21N3O2S/c29-25-16-31-24-13-19(10-11-23(24)28-25)26-14-17-4-3-6-21(12-17)30-15-20-9-8-18-5-1-2-7-22(18)27-20/h1-13,26H,14-16H2,(H,28,29). The highest BCUT2D eigenvalue weighted by atomic mass is 32.2. The number of rotatable bonds is 6.